The molecule has 3 aromatic rings. The number of rotatable bonds is 3. The van der Waals surface area contributed by atoms with Crippen LogP contribution < -0.4 is 5.32 Å². The van der Waals surface area contributed by atoms with Gasteiger partial charge in [-0.2, -0.15) is 5.26 Å². The third-order valence-corrected chi connectivity index (χ3v) is 3.31. The predicted molar refractivity (Wildman–Crippen MR) is 85.3 cm³/mol. The first-order valence-electron chi connectivity index (χ1n) is 6.81. The molecular weight excluding hydrogens is 292 g/mol. The van der Waals surface area contributed by atoms with E-state index < -0.39 is 5.97 Å². The number of ether oxygens (including phenoxy) is 1. The van der Waals surface area contributed by atoms with Gasteiger partial charge in [0.2, 0.25) is 0 Å². The number of fused-ring (bicyclic) bond motifs is 1. The SMILES string of the molecule is COC(=O)c1ccc(Nc2ccnc3ccc(C#N)cc23)cn1. The van der Waals surface area contributed by atoms with Crippen molar-refractivity contribution < 1.29 is 9.53 Å². The van der Waals surface area contributed by atoms with E-state index >= 15 is 0 Å². The summed E-state index contributed by atoms with van der Waals surface area (Å²) >= 11 is 0. The first kappa shape index (κ1) is 14.5. The quantitative estimate of drug-likeness (QED) is 0.748. The van der Waals surface area contributed by atoms with Gasteiger partial charge in [-0.25, -0.2) is 9.78 Å². The third kappa shape index (κ3) is 2.94. The molecule has 0 fully saturated rings. The van der Waals surface area contributed by atoms with Gasteiger partial charge in [0.25, 0.3) is 0 Å². The van der Waals surface area contributed by atoms with Crippen molar-refractivity contribution >= 4 is 28.2 Å². The topological polar surface area (TPSA) is 87.9 Å². The minimum absolute atomic E-state index is 0.240. The normalized spacial score (nSPS) is 10.1. The van der Waals surface area contributed by atoms with E-state index in [2.05, 4.69) is 26.1 Å². The van der Waals surface area contributed by atoms with Gasteiger partial charge in [0, 0.05) is 17.3 Å². The molecule has 0 bridgehead atoms. The molecule has 0 aliphatic rings. The van der Waals surface area contributed by atoms with Crippen molar-refractivity contribution in [2.24, 2.45) is 0 Å². The molecule has 1 N–H and O–H groups in total. The van der Waals surface area contributed by atoms with E-state index in [0.29, 0.717) is 11.3 Å². The van der Waals surface area contributed by atoms with Gasteiger partial charge in [-0.05, 0) is 36.4 Å². The van der Waals surface area contributed by atoms with E-state index in [9.17, 15) is 4.79 Å². The highest BCUT2D eigenvalue weighted by atomic mass is 16.5. The monoisotopic (exact) mass is 304 g/mol. The zero-order valence-electron chi connectivity index (χ0n) is 12.3. The summed E-state index contributed by atoms with van der Waals surface area (Å²) in [5.41, 5.74) is 3.11. The summed E-state index contributed by atoms with van der Waals surface area (Å²) in [6, 6.07) is 12.6. The Hall–Kier alpha value is -3.46. The van der Waals surface area contributed by atoms with Crippen LogP contribution in [0.2, 0.25) is 0 Å². The van der Waals surface area contributed by atoms with Crippen LogP contribution in [0.5, 0.6) is 0 Å². The smallest absolute Gasteiger partial charge is 0.356 e. The highest BCUT2D eigenvalue weighted by Crippen LogP contribution is 2.25. The van der Waals surface area contributed by atoms with Gasteiger partial charge in [-0.15, -0.1) is 0 Å². The number of nitriles is 1. The van der Waals surface area contributed by atoms with Crippen LogP contribution in [0, 0.1) is 11.3 Å². The van der Waals surface area contributed by atoms with Gasteiger partial charge in [0.15, 0.2) is 0 Å². The number of nitrogens with one attached hydrogen (secondary N) is 1. The van der Waals surface area contributed by atoms with Crippen LogP contribution >= 0.6 is 0 Å². The van der Waals surface area contributed by atoms with Gasteiger partial charge < -0.3 is 10.1 Å². The summed E-state index contributed by atoms with van der Waals surface area (Å²) < 4.78 is 4.62. The number of benzene rings is 1. The molecule has 6 nitrogen and oxygen atoms in total. The summed E-state index contributed by atoms with van der Waals surface area (Å²) in [7, 11) is 1.31. The number of carbonyl (C=O) groups is 1. The predicted octanol–water partition coefficient (Wildman–Crippen LogP) is 3.03. The molecule has 1 aromatic carbocycles. The number of aromatic nitrogens is 2. The molecule has 0 unspecified atom stereocenters. The Bertz CT molecular complexity index is 914. The Labute approximate surface area is 132 Å². The second kappa shape index (κ2) is 6.12. The van der Waals surface area contributed by atoms with E-state index in [1.54, 1.807) is 42.7 Å². The highest BCUT2D eigenvalue weighted by molar-refractivity contribution is 5.93. The van der Waals surface area contributed by atoms with E-state index in [1.165, 1.54) is 7.11 Å². The van der Waals surface area contributed by atoms with Crippen molar-refractivity contribution in [1.82, 2.24) is 9.97 Å². The third-order valence-electron chi connectivity index (χ3n) is 3.31. The molecule has 0 radical (unpaired) electrons. The molecule has 23 heavy (non-hydrogen) atoms. The molecule has 0 saturated heterocycles. The minimum Gasteiger partial charge on any atom is -0.464 e. The van der Waals surface area contributed by atoms with Gasteiger partial charge in [-0.1, -0.05) is 0 Å². The molecule has 0 amide bonds. The van der Waals surface area contributed by atoms with Crippen molar-refractivity contribution in [3.63, 3.8) is 0 Å². The first-order chi connectivity index (χ1) is 11.2. The van der Waals surface area contributed by atoms with Gasteiger partial charge in [-0.3, -0.25) is 4.98 Å². The molecule has 0 aliphatic carbocycles. The number of hydrogen-bond donors (Lipinski definition) is 1. The average molecular weight is 304 g/mol. The molecule has 0 atom stereocenters. The highest BCUT2D eigenvalue weighted by Gasteiger charge is 2.08. The zero-order chi connectivity index (χ0) is 16.2. The first-order valence-corrected chi connectivity index (χ1v) is 6.81. The number of esters is 1. The summed E-state index contributed by atoms with van der Waals surface area (Å²) in [4.78, 5) is 19.7. The fourth-order valence-electron chi connectivity index (χ4n) is 2.17. The van der Waals surface area contributed by atoms with Crippen LogP contribution in [-0.2, 0) is 4.74 Å². The van der Waals surface area contributed by atoms with Gasteiger partial charge in [0.1, 0.15) is 5.69 Å². The lowest BCUT2D eigenvalue weighted by molar-refractivity contribution is 0.0594. The van der Waals surface area contributed by atoms with Crippen LogP contribution in [0.4, 0.5) is 11.4 Å². The van der Waals surface area contributed by atoms with Gasteiger partial charge in [0.05, 0.1) is 36.1 Å². The van der Waals surface area contributed by atoms with Crippen LogP contribution in [0.25, 0.3) is 10.9 Å². The van der Waals surface area contributed by atoms with E-state index in [1.807, 2.05) is 6.07 Å². The fourth-order valence-corrected chi connectivity index (χ4v) is 2.17. The Morgan fingerprint density at radius 2 is 2.09 bits per heavy atom. The van der Waals surface area contributed by atoms with Crippen LogP contribution in [0.1, 0.15) is 16.1 Å². The standard InChI is InChI=1S/C17H12N4O2/c1-23-17(22)16-5-3-12(10-20-16)21-15-6-7-19-14-4-2-11(9-18)8-13(14)15/h2-8,10H,1H3,(H,19,21). The Kier molecular flexibility index (Phi) is 3.85. The molecule has 0 spiro atoms. The number of carbonyl (C=O) groups excluding carboxylic acids is 1. The molecule has 0 saturated carbocycles. The van der Waals surface area contributed by atoms with E-state index in [-0.39, 0.29) is 5.69 Å². The number of methoxy groups -OCH3 is 1. The average Bonchev–Trinajstić information content (AvgIpc) is 2.61. The maximum Gasteiger partial charge on any atom is 0.356 e. The Balaban J connectivity index is 1.95. The molecule has 112 valence electrons. The van der Waals surface area contributed by atoms with Crippen molar-refractivity contribution in [2.45, 2.75) is 0 Å². The second-order valence-electron chi connectivity index (χ2n) is 4.75. The minimum atomic E-state index is -0.482. The summed E-state index contributed by atoms with van der Waals surface area (Å²) in [6.45, 7) is 0. The molecule has 2 aromatic heterocycles. The maximum absolute atomic E-state index is 11.4. The number of anilines is 2. The molecule has 2 heterocycles. The van der Waals surface area contributed by atoms with Crippen molar-refractivity contribution in [3.8, 4) is 6.07 Å². The van der Waals surface area contributed by atoms with Crippen molar-refractivity contribution in [1.29, 1.82) is 5.26 Å². The van der Waals surface area contributed by atoms with E-state index in [4.69, 9.17) is 5.26 Å². The zero-order valence-corrected chi connectivity index (χ0v) is 12.3. The summed E-state index contributed by atoms with van der Waals surface area (Å²) in [5, 5.41) is 13.1. The van der Waals surface area contributed by atoms with Crippen LogP contribution in [-0.4, -0.2) is 23.0 Å². The molecule has 3 rings (SSSR count). The maximum atomic E-state index is 11.4. The lowest BCUT2D eigenvalue weighted by Crippen LogP contribution is -2.04. The largest absolute Gasteiger partial charge is 0.464 e. The van der Waals surface area contributed by atoms with Crippen molar-refractivity contribution in [3.05, 3.63) is 60.0 Å². The molecule has 6 heteroatoms. The second-order valence-corrected chi connectivity index (χ2v) is 4.75. The Morgan fingerprint density at radius 1 is 1.22 bits per heavy atom. The Morgan fingerprint density at radius 3 is 2.78 bits per heavy atom. The number of hydrogen-bond acceptors (Lipinski definition) is 6. The van der Waals surface area contributed by atoms with Crippen molar-refractivity contribution in [2.75, 3.05) is 12.4 Å². The van der Waals surface area contributed by atoms with Crippen LogP contribution in [0.3, 0.4) is 0 Å². The fraction of sp³-hybridized carbons (Fsp3) is 0.0588. The summed E-state index contributed by atoms with van der Waals surface area (Å²) in [5.74, 6) is -0.482. The lowest BCUT2D eigenvalue weighted by Gasteiger charge is -2.09. The molecular formula is C17H12N4O2. The number of nitrogens with zero attached hydrogens (tertiary/aromatic N) is 3. The lowest BCUT2D eigenvalue weighted by atomic mass is 10.1. The van der Waals surface area contributed by atoms with Crippen LogP contribution in [0.15, 0.2) is 48.8 Å². The molecule has 0 aliphatic heterocycles. The number of pyridine rings is 2. The summed E-state index contributed by atoms with van der Waals surface area (Å²) in [6.07, 6.45) is 3.24. The van der Waals surface area contributed by atoms with Gasteiger partial charge >= 0.3 is 5.97 Å². The van der Waals surface area contributed by atoms with E-state index in [0.717, 1.165) is 16.6 Å².